The molecule has 128 valence electrons. The number of aryl methyl sites for hydroxylation is 1. The van der Waals surface area contributed by atoms with E-state index < -0.39 is 4.92 Å². The molecule has 2 heterocycles. The Morgan fingerprint density at radius 1 is 1.19 bits per heavy atom. The van der Waals surface area contributed by atoms with Crippen LogP contribution in [-0.2, 0) is 7.05 Å². The number of nitro groups is 1. The van der Waals surface area contributed by atoms with Gasteiger partial charge in [-0.15, -0.1) is 10.2 Å². The standard InChI is InChI=1S/C17H13N7O2/c1-23-14-8-3-2-7-13(14)15-16(23)19-17(22-20-15)21-18-10-11-5-4-6-12(9-11)24(25)26/h2-10H,1H3,(H,19,21,22)/b18-10+. The maximum atomic E-state index is 10.8. The fourth-order valence-corrected chi connectivity index (χ4v) is 2.74. The Hall–Kier alpha value is -3.88. The molecule has 26 heavy (non-hydrogen) atoms. The van der Waals surface area contributed by atoms with E-state index in [0.29, 0.717) is 11.2 Å². The summed E-state index contributed by atoms with van der Waals surface area (Å²) in [6, 6.07) is 14.0. The second-order valence-corrected chi connectivity index (χ2v) is 5.61. The molecule has 0 unspecified atom stereocenters. The second-order valence-electron chi connectivity index (χ2n) is 5.61. The first-order valence-corrected chi connectivity index (χ1v) is 7.75. The number of fused-ring (bicyclic) bond motifs is 3. The van der Waals surface area contributed by atoms with E-state index in [0.717, 1.165) is 16.4 Å². The van der Waals surface area contributed by atoms with Crippen LogP contribution in [0.5, 0.6) is 0 Å². The summed E-state index contributed by atoms with van der Waals surface area (Å²) in [6.45, 7) is 0. The van der Waals surface area contributed by atoms with E-state index in [1.54, 1.807) is 12.1 Å². The summed E-state index contributed by atoms with van der Waals surface area (Å²) >= 11 is 0. The van der Waals surface area contributed by atoms with Gasteiger partial charge in [-0.1, -0.05) is 30.3 Å². The summed E-state index contributed by atoms with van der Waals surface area (Å²) in [6.07, 6.45) is 1.46. The van der Waals surface area contributed by atoms with Gasteiger partial charge in [0.15, 0.2) is 5.65 Å². The molecule has 1 N–H and O–H groups in total. The van der Waals surface area contributed by atoms with Gasteiger partial charge in [0.05, 0.1) is 16.7 Å². The zero-order valence-electron chi connectivity index (χ0n) is 13.7. The predicted octanol–water partition coefficient (Wildman–Crippen LogP) is 2.87. The lowest BCUT2D eigenvalue weighted by Gasteiger charge is -1.99. The summed E-state index contributed by atoms with van der Waals surface area (Å²) < 4.78 is 1.94. The van der Waals surface area contributed by atoms with Gasteiger partial charge in [0.25, 0.3) is 11.6 Å². The molecule has 0 fully saturated rings. The van der Waals surface area contributed by atoms with E-state index in [1.807, 2.05) is 35.9 Å². The van der Waals surface area contributed by atoms with Gasteiger partial charge < -0.3 is 4.57 Å². The lowest BCUT2D eigenvalue weighted by Crippen LogP contribution is -2.01. The smallest absolute Gasteiger partial charge is 0.270 e. The highest BCUT2D eigenvalue weighted by Crippen LogP contribution is 2.24. The molecule has 0 amide bonds. The van der Waals surface area contributed by atoms with Gasteiger partial charge in [0.2, 0.25) is 0 Å². The Kier molecular flexibility index (Phi) is 3.73. The van der Waals surface area contributed by atoms with Crippen molar-refractivity contribution in [1.29, 1.82) is 0 Å². The number of nitrogens with zero attached hydrogens (tertiary/aromatic N) is 6. The highest BCUT2D eigenvalue weighted by molar-refractivity contribution is 6.04. The number of aromatic nitrogens is 4. The molecule has 4 rings (SSSR count). The minimum atomic E-state index is -0.453. The van der Waals surface area contributed by atoms with Crippen molar-refractivity contribution in [2.45, 2.75) is 0 Å². The number of rotatable bonds is 4. The lowest BCUT2D eigenvalue weighted by atomic mass is 10.2. The van der Waals surface area contributed by atoms with E-state index in [2.05, 4.69) is 25.7 Å². The Morgan fingerprint density at radius 3 is 2.88 bits per heavy atom. The fraction of sp³-hybridized carbons (Fsp3) is 0.0588. The van der Waals surface area contributed by atoms with Crippen LogP contribution in [0.2, 0.25) is 0 Å². The number of nitrogens with one attached hydrogen (secondary N) is 1. The van der Waals surface area contributed by atoms with Gasteiger partial charge in [0.1, 0.15) is 5.52 Å². The second kappa shape index (κ2) is 6.20. The summed E-state index contributed by atoms with van der Waals surface area (Å²) in [4.78, 5) is 14.8. The largest absolute Gasteiger partial charge is 0.327 e. The van der Waals surface area contributed by atoms with Crippen molar-refractivity contribution in [2.24, 2.45) is 12.1 Å². The van der Waals surface area contributed by atoms with Crippen LogP contribution in [0.3, 0.4) is 0 Å². The van der Waals surface area contributed by atoms with Crippen molar-refractivity contribution < 1.29 is 4.92 Å². The molecule has 4 aromatic rings. The van der Waals surface area contributed by atoms with Gasteiger partial charge in [0, 0.05) is 30.1 Å². The molecule has 0 aliphatic rings. The third kappa shape index (κ3) is 2.71. The first kappa shape index (κ1) is 15.6. The minimum Gasteiger partial charge on any atom is -0.327 e. The van der Waals surface area contributed by atoms with Crippen molar-refractivity contribution in [3.05, 3.63) is 64.2 Å². The molecule has 9 heteroatoms. The van der Waals surface area contributed by atoms with Gasteiger partial charge in [-0.05, 0) is 6.07 Å². The number of anilines is 1. The third-order valence-corrected chi connectivity index (χ3v) is 3.97. The van der Waals surface area contributed by atoms with E-state index in [-0.39, 0.29) is 11.6 Å². The van der Waals surface area contributed by atoms with E-state index in [9.17, 15) is 10.1 Å². The third-order valence-electron chi connectivity index (χ3n) is 3.97. The molecule has 0 spiro atoms. The van der Waals surface area contributed by atoms with Crippen LogP contribution in [0, 0.1) is 10.1 Å². The molecule has 0 aliphatic heterocycles. The molecular formula is C17H13N7O2. The molecule has 0 saturated carbocycles. The van der Waals surface area contributed by atoms with E-state index in [4.69, 9.17) is 0 Å². The molecule has 2 aromatic heterocycles. The van der Waals surface area contributed by atoms with Gasteiger partial charge in [-0.2, -0.15) is 10.1 Å². The molecule has 0 saturated heterocycles. The van der Waals surface area contributed by atoms with Crippen LogP contribution in [0.1, 0.15) is 5.56 Å². The minimum absolute atomic E-state index is 0.00351. The highest BCUT2D eigenvalue weighted by atomic mass is 16.6. The SMILES string of the molecule is Cn1c2ccccc2c2nnc(N/N=C/c3cccc([N+](=O)[O-])c3)nc21. The first-order valence-electron chi connectivity index (χ1n) is 7.75. The van der Waals surface area contributed by atoms with Crippen molar-refractivity contribution >= 4 is 39.9 Å². The topological polar surface area (TPSA) is 111 Å². The number of hydrogen-bond donors (Lipinski definition) is 1. The van der Waals surface area contributed by atoms with Crippen molar-refractivity contribution in [3.8, 4) is 0 Å². The maximum absolute atomic E-state index is 10.8. The first-order chi connectivity index (χ1) is 12.6. The average Bonchev–Trinajstić information content (AvgIpc) is 2.95. The summed E-state index contributed by atoms with van der Waals surface area (Å²) in [5.41, 5.74) is 5.72. The lowest BCUT2D eigenvalue weighted by molar-refractivity contribution is -0.384. The van der Waals surface area contributed by atoms with Crippen LogP contribution >= 0.6 is 0 Å². The van der Waals surface area contributed by atoms with Crippen LogP contribution in [0.4, 0.5) is 11.6 Å². The number of para-hydroxylation sites is 1. The van der Waals surface area contributed by atoms with Crippen molar-refractivity contribution in [3.63, 3.8) is 0 Å². The number of hydrazone groups is 1. The molecule has 0 aliphatic carbocycles. The van der Waals surface area contributed by atoms with Crippen molar-refractivity contribution in [2.75, 3.05) is 5.43 Å². The molecular weight excluding hydrogens is 334 g/mol. The number of benzene rings is 2. The molecule has 0 radical (unpaired) electrons. The summed E-state index contributed by atoms with van der Waals surface area (Å²) in [5.74, 6) is 0.241. The Bertz CT molecular complexity index is 1170. The Balaban J connectivity index is 1.62. The predicted molar refractivity (Wildman–Crippen MR) is 98.1 cm³/mol. The van der Waals surface area contributed by atoms with Crippen LogP contribution in [-0.4, -0.2) is 30.9 Å². The van der Waals surface area contributed by atoms with Crippen LogP contribution < -0.4 is 5.43 Å². The highest BCUT2D eigenvalue weighted by Gasteiger charge is 2.11. The Labute approximate surface area is 147 Å². The molecule has 0 atom stereocenters. The summed E-state index contributed by atoms with van der Waals surface area (Å²) in [5, 5.41) is 24.1. The van der Waals surface area contributed by atoms with Gasteiger partial charge in [-0.25, -0.2) is 5.43 Å². The molecule has 9 nitrogen and oxygen atoms in total. The monoisotopic (exact) mass is 347 g/mol. The zero-order valence-corrected chi connectivity index (χ0v) is 13.7. The number of nitro benzene ring substituents is 1. The number of non-ortho nitro benzene ring substituents is 1. The normalized spacial score (nSPS) is 11.4. The molecule has 0 bridgehead atoms. The number of hydrogen-bond acceptors (Lipinski definition) is 7. The van der Waals surface area contributed by atoms with E-state index >= 15 is 0 Å². The fourth-order valence-electron chi connectivity index (χ4n) is 2.74. The van der Waals surface area contributed by atoms with Crippen LogP contribution in [0.25, 0.3) is 22.1 Å². The molecule has 2 aromatic carbocycles. The maximum Gasteiger partial charge on any atom is 0.270 e. The van der Waals surface area contributed by atoms with Gasteiger partial charge >= 0.3 is 0 Å². The van der Waals surface area contributed by atoms with Crippen LogP contribution in [0.15, 0.2) is 53.6 Å². The zero-order chi connectivity index (χ0) is 18.1. The van der Waals surface area contributed by atoms with E-state index in [1.165, 1.54) is 18.3 Å². The summed E-state index contributed by atoms with van der Waals surface area (Å²) in [7, 11) is 1.91. The Morgan fingerprint density at radius 2 is 2.04 bits per heavy atom. The quantitative estimate of drug-likeness (QED) is 0.345. The van der Waals surface area contributed by atoms with Gasteiger partial charge in [-0.3, -0.25) is 10.1 Å². The average molecular weight is 347 g/mol. The van der Waals surface area contributed by atoms with Crippen molar-refractivity contribution in [1.82, 2.24) is 19.7 Å².